The zero-order valence-electron chi connectivity index (χ0n) is 23.5. The average Bonchev–Trinajstić information content (AvgIpc) is 3.53. The third kappa shape index (κ3) is 3.97. The van der Waals surface area contributed by atoms with E-state index in [2.05, 4.69) is 127 Å². The van der Waals surface area contributed by atoms with Gasteiger partial charge in [-0.25, -0.2) is 4.98 Å². The van der Waals surface area contributed by atoms with Crippen molar-refractivity contribution in [3.05, 3.63) is 160 Å². The summed E-state index contributed by atoms with van der Waals surface area (Å²) in [5.74, 6) is 1.03. The molecule has 1 aliphatic rings. The molecule has 0 bridgehead atoms. The van der Waals surface area contributed by atoms with E-state index in [9.17, 15) is 4.79 Å². The average molecular weight is 536 g/mol. The maximum absolute atomic E-state index is 14.0. The van der Waals surface area contributed by atoms with Crippen LogP contribution in [-0.4, -0.2) is 20.3 Å². The van der Waals surface area contributed by atoms with E-state index >= 15 is 0 Å². The van der Waals surface area contributed by atoms with Crippen LogP contribution in [-0.2, 0) is 25.3 Å². The van der Waals surface area contributed by atoms with Crippen molar-refractivity contribution in [2.45, 2.75) is 31.6 Å². The van der Waals surface area contributed by atoms with Crippen molar-refractivity contribution >= 4 is 16.7 Å². The number of fused-ring (bicyclic) bond motifs is 3. The molecule has 2 heterocycles. The molecule has 1 N–H and O–H groups in total. The second-order valence-corrected chi connectivity index (χ2v) is 11.2. The summed E-state index contributed by atoms with van der Waals surface area (Å²) < 4.78 is 2.20. The van der Waals surface area contributed by atoms with Crippen molar-refractivity contribution in [3.63, 3.8) is 0 Å². The van der Waals surface area contributed by atoms with Gasteiger partial charge in [-0.3, -0.25) is 4.79 Å². The van der Waals surface area contributed by atoms with E-state index in [4.69, 9.17) is 4.98 Å². The molecular formula is C37H33N3O. The van der Waals surface area contributed by atoms with Crippen LogP contribution in [0, 0.1) is 12.8 Å². The number of hydrogen-bond acceptors (Lipinski definition) is 2. The zero-order chi connectivity index (χ0) is 28.0. The number of para-hydroxylation sites is 1. The summed E-state index contributed by atoms with van der Waals surface area (Å²) in [5, 5.41) is 1.07. The third-order valence-electron chi connectivity index (χ3n) is 8.98. The lowest BCUT2D eigenvalue weighted by Gasteiger charge is -2.34. The predicted molar refractivity (Wildman–Crippen MR) is 164 cm³/mol. The highest BCUT2D eigenvalue weighted by Gasteiger charge is 2.42. The second-order valence-electron chi connectivity index (χ2n) is 11.2. The summed E-state index contributed by atoms with van der Waals surface area (Å²) in [5.41, 5.74) is 7.97. The summed E-state index contributed by atoms with van der Waals surface area (Å²) in [4.78, 5) is 23.0. The van der Waals surface area contributed by atoms with Crippen molar-refractivity contribution in [3.8, 4) is 0 Å². The van der Waals surface area contributed by atoms with E-state index in [1.807, 2.05) is 12.1 Å². The summed E-state index contributed by atoms with van der Waals surface area (Å²) in [6.07, 6.45) is 2.35. The van der Waals surface area contributed by atoms with Gasteiger partial charge in [0, 0.05) is 47.2 Å². The monoisotopic (exact) mass is 535 g/mol. The van der Waals surface area contributed by atoms with E-state index in [0.717, 1.165) is 68.9 Å². The lowest BCUT2D eigenvalue weighted by atomic mass is 9.69. The molecule has 0 saturated heterocycles. The van der Waals surface area contributed by atoms with Gasteiger partial charge in [0.15, 0.2) is 5.78 Å². The number of benzene rings is 4. The van der Waals surface area contributed by atoms with E-state index < -0.39 is 5.41 Å². The maximum atomic E-state index is 14.0. The number of carbonyl (C=O) groups is 1. The van der Waals surface area contributed by atoms with Crippen molar-refractivity contribution in [2.75, 3.05) is 0 Å². The number of Topliss-reactive ketones (excluding diaryl/α,β-unsaturated/α-hetero) is 1. The molecule has 0 fully saturated rings. The Hall–Kier alpha value is -4.70. The van der Waals surface area contributed by atoms with Crippen molar-refractivity contribution < 1.29 is 4.79 Å². The van der Waals surface area contributed by atoms with E-state index in [1.165, 1.54) is 0 Å². The van der Waals surface area contributed by atoms with Gasteiger partial charge in [0.25, 0.3) is 0 Å². The molecule has 41 heavy (non-hydrogen) atoms. The highest BCUT2D eigenvalue weighted by atomic mass is 16.1. The molecule has 2 aromatic heterocycles. The number of imidazole rings is 1. The molecule has 1 unspecified atom stereocenters. The molecule has 1 atom stereocenters. The fourth-order valence-corrected chi connectivity index (χ4v) is 6.94. The van der Waals surface area contributed by atoms with Crippen LogP contribution in [0.1, 0.15) is 56.4 Å². The molecule has 1 aliphatic carbocycles. The molecule has 4 nitrogen and oxygen atoms in total. The quantitative estimate of drug-likeness (QED) is 0.224. The molecule has 4 aromatic carbocycles. The fraction of sp³-hybridized carbons (Fsp3) is 0.189. The molecule has 6 aromatic rings. The highest BCUT2D eigenvalue weighted by molar-refractivity contribution is 6.11. The molecule has 7 rings (SSSR count). The Morgan fingerprint density at radius 3 is 1.93 bits per heavy atom. The van der Waals surface area contributed by atoms with Crippen molar-refractivity contribution in [1.82, 2.24) is 14.5 Å². The van der Waals surface area contributed by atoms with Crippen LogP contribution in [0.4, 0.5) is 0 Å². The van der Waals surface area contributed by atoms with Gasteiger partial charge in [-0.1, -0.05) is 109 Å². The van der Waals surface area contributed by atoms with Crippen molar-refractivity contribution in [2.24, 2.45) is 13.0 Å². The summed E-state index contributed by atoms with van der Waals surface area (Å²) in [6.45, 7) is 2.09. The first-order valence-corrected chi connectivity index (χ1v) is 14.4. The van der Waals surface area contributed by atoms with Gasteiger partial charge in [-0.2, -0.15) is 0 Å². The van der Waals surface area contributed by atoms with Crippen molar-refractivity contribution in [1.29, 1.82) is 0 Å². The molecule has 0 saturated carbocycles. The summed E-state index contributed by atoms with van der Waals surface area (Å²) >= 11 is 0. The van der Waals surface area contributed by atoms with E-state index in [-0.39, 0.29) is 11.7 Å². The molecule has 0 spiro atoms. The fourth-order valence-electron chi connectivity index (χ4n) is 6.94. The van der Waals surface area contributed by atoms with E-state index in [1.54, 1.807) is 0 Å². The summed E-state index contributed by atoms with van der Waals surface area (Å²) in [7, 11) is 2.08. The smallest absolute Gasteiger partial charge is 0.168 e. The first-order chi connectivity index (χ1) is 20.1. The lowest BCUT2D eigenvalue weighted by Crippen LogP contribution is -2.32. The van der Waals surface area contributed by atoms with Gasteiger partial charge >= 0.3 is 0 Å². The van der Waals surface area contributed by atoms with Gasteiger partial charge in [0.1, 0.15) is 11.2 Å². The van der Waals surface area contributed by atoms with Crippen LogP contribution >= 0.6 is 0 Å². The molecule has 0 radical (unpaired) electrons. The maximum Gasteiger partial charge on any atom is 0.168 e. The third-order valence-corrected chi connectivity index (χ3v) is 8.98. The number of ketones is 1. The molecular weight excluding hydrogens is 502 g/mol. The predicted octanol–water partition coefficient (Wildman–Crippen LogP) is 7.58. The largest absolute Gasteiger partial charge is 0.347 e. The van der Waals surface area contributed by atoms with Gasteiger partial charge in [-0.05, 0) is 42.5 Å². The highest BCUT2D eigenvalue weighted by Crippen LogP contribution is 2.44. The first kappa shape index (κ1) is 25.3. The number of aromatic nitrogens is 3. The number of nitrogens with zero attached hydrogens (tertiary/aromatic N) is 2. The zero-order valence-corrected chi connectivity index (χ0v) is 23.5. The Morgan fingerprint density at radius 1 is 0.805 bits per heavy atom. The van der Waals surface area contributed by atoms with Crippen LogP contribution in [0.2, 0.25) is 0 Å². The molecule has 0 aliphatic heterocycles. The minimum Gasteiger partial charge on any atom is -0.347 e. The Labute approximate surface area is 240 Å². The number of hydrogen-bond donors (Lipinski definition) is 1. The molecule has 0 amide bonds. The Kier molecular flexibility index (Phi) is 6.19. The number of rotatable bonds is 6. The summed E-state index contributed by atoms with van der Waals surface area (Å²) in [6, 6.07) is 40.1. The minimum absolute atomic E-state index is 0.0947. The van der Waals surface area contributed by atoms with Crippen LogP contribution in [0.5, 0.6) is 0 Å². The standard InChI is InChI=1S/C37H33N3O/c1-25-31(24-26-22-23-33-34(35(26)41)30-20-12-13-21-32(30)40(33)2)39-36(38-25)37(27-14-6-3-7-15-27,28-16-8-4-9-17-28)29-18-10-5-11-19-29/h3-21,26H,22-24H2,1-2H3,(H,38,39). The number of aromatic amines is 1. The van der Waals surface area contributed by atoms with Gasteiger partial charge in [-0.15, -0.1) is 0 Å². The molecule has 202 valence electrons. The van der Waals surface area contributed by atoms with Crippen LogP contribution in [0.25, 0.3) is 10.9 Å². The van der Waals surface area contributed by atoms with Crippen LogP contribution in [0.3, 0.4) is 0 Å². The first-order valence-electron chi connectivity index (χ1n) is 14.4. The van der Waals surface area contributed by atoms with Crippen LogP contribution < -0.4 is 0 Å². The Morgan fingerprint density at radius 2 is 1.34 bits per heavy atom. The topological polar surface area (TPSA) is 50.7 Å². The van der Waals surface area contributed by atoms with Gasteiger partial charge in [0.05, 0.1) is 5.69 Å². The van der Waals surface area contributed by atoms with Gasteiger partial charge < -0.3 is 9.55 Å². The number of carbonyl (C=O) groups excluding carboxylic acids is 1. The van der Waals surface area contributed by atoms with E-state index in [0.29, 0.717) is 6.42 Å². The lowest BCUT2D eigenvalue weighted by molar-refractivity contribution is 0.0901. The second kappa shape index (κ2) is 10.0. The Bertz CT molecular complexity index is 1750. The van der Waals surface area contributed by atoms with Gasteiger partial charge in [0.2, 0.25) is 0 Å². The normalized spacial score (nSPS) is 15.3. The number of aryl methyl sites for hydroxylation is 2. The number of H-pyrrole nitrogens is 1. The molecule has 4 heteroatoms. The number of nitrogens with one attached hydrogen (secondary N) is 1. The SMILES string of the molecule is Cc1[nH]c(C(c2ccccc2)(c2ccccc2)c2ccccc2)nc1CC1CCc2c(c3ccccc3n2C)C1=O. The minimum atomic E-state index is -0.633. The Balaban J connectivity index is 1.34. The van der Waals surface area contributed by atoms with Crippen LogP contribution in [0.15, 0.2) is 115 Å².